The number of hydrogen-bond donors (Lipinski definition) is 0. The van der Waals surface area contributed by atoms with E-state index in [4.69, 9.17) is 0 Å². The van der Waals surface area contributed by atoms with Crippen LogP contribution in [0.1, 0.15) is 35.7 Å². The lowest BCUT2D eigenvalue weighted by Gasteiger charge is -2.15. The Morgan fingerprint density at radius 2 is 1.29 bits per heavy atom. The normalized spacial score (nSPS) is 14.2. The number of nitrogens with zero attached hydrogens (tertiary/aromatic N) is 4. The minimum atomic E-state index is 0.292. The second-order valence-electron chi connectivity index (χ2n) is 3.68. The molecule has 17 heavy (non-hydrogen) atoms. The third kappa shape index (κ3) is 3.23. The molecule has 0 bridgehead atoms. The smallest absolute Gasteiger partial charge is 0.0713 e. The number of aromatic nitrogens is 4. The van der Waals surface area contributed by atoms with Crippen molar-refractivity contribution >= 4 is 11.8 Å². The monoisotopic (exact) mass is 246 g/mol. The Bertz CT molecular complexity index is 405. The highest BCUT2D eigenvalue weighted by Gasteiger charge is 2.14. The van der Waals surface area contributed by atoms with E-state index in [0.717, 1.165) is 11.4 Å². The zero-order valence-electron chi connectivity index (χ0n) is 9.82. The fourth-order valence-electron chi connectivity index (χ4n) is 1.49. The van der Waals surface area contributed by atoms with Crippen LogP contribution in [-0.2, 0) is 0 Å². The van der Waals surface area contributed by atoms with Crippen LogP contribution in [0.3, 0.4) is 0 Å². The van der Waals surface area contributed by atoms with Gasteiger partial charge in [-0.3, -0.25) is 19.9 Å². The highest BCUT2D eigenvalue weighted by atomic mass is 32.2. The summed E-state index contributed by atoms with van der Waals surface area (Å²) in [5.41, 5.74) is 1.99. The van der Waals surface area contributed by atoms with Crippen LogP contribution in [-0.4, -0.2) is 19.9 Å². The standard InChI is InChI=1S/C12H14N4S/c1-9(11-7-13-3-5-15-11)17-10(2)12-8-14-4-6-16-12/h3-10H,1-2H3. The first-order chi connectivity index (χ1) is 8.27. The summed E-state index contributed by atoms with van der Waals surface area (Å²) >= 11 is 1.80. The third-order valence-electron chi connectivity index (χ3n) is 2.41. The summed E-state index contributed by atoms with van der Waals surface area (Å²) < 4.78 is 0. The summed E-state index contributed by atoms with van der Waals surface area (Å²) in [7, 11) is 0. The van der Waals surface area contributed by atoms with Crippen LogP contribution in [0.2, 0.25) is 0 Å². The molecule has 2 aromatic heterocycles. The van der Waals surface area contributed by atoms with E-state index >= 15 is 0 Å². The van der Waals surface area contributed by atoms with E-state index in [-0.39, 0.29) is 0 Å². The van der Waals surface area contributed by atoms with Crippen LogP contribution in [0.4, 0.5) is 0 Å². The van der Waals surface area contributed by atoms with Gasteiger partial charge in [-0.15, -0.1) is 11.8 Å². The van der Waals surface area contributed by atoms with Crippen LogP contribution < -0.4 is 0 Å². The lowest BCUT2D eigenvalue weighted by atomic mass is 10.3. The van der Waals surface area contributed by atoms with Crippen LogP contribution in [0.5, 0.6) is 0 Å². The molecule has 0 aliphatic heterocycles. The van der Waals surface area contributed by atoms with Crippen LogP contribution in [0, 0.1) is 0 Å². The highest BCUT2D eigenvalue weighted by Crippen LogP contribution is 2.37. The van der Waals surface area contributed by atoms with Gasteiger partial charge in [0.15, 0.2) is 0 Å². The van der Waals surface area contributed by atoms with Crippen molar-refractivity contribution in [2.45, 2.75) is 24.3 Å². The maximum absolute atomic E-state index is 4.31. The Morgan fingerprint density at radius 3 is 1.65 bits per heavy atom. The molecule has 2 heterocycles. The zero-order chi connectivity index (χ0) is 12.1. The summed E-state index contributed by atoms with van der Waals surface area (Å²) in [6.07, 6.45) is 10.4. The molecule has 0 N–H and O–H groups in total. The molecule has 4 nitrogen and oxygen atoms in total. The fraction of sp³-hybridized carbons (Fsp3) is 0.333. The van der Waals surface area contributed by atoms with E-state index in [1.165, 1.54) is 0 Å². The van der Waals surface area contributed by atoms with Crippen molar-refractivity contribution in [3.8, 4) is 0 Å². The van der Waals surface area contributed by atoms with Crippen molar-refractivity contribution in [1.29, 1.82) is 0 Å². The third-order valence-corrected chi connectivity index (χ3v) is 3.71. The number of rotatable bonds is 4. The number of thioether (sulfide) groups is 1. The molecule has 88 valence electrons. The van der Waals surface area contributed by atoms with E-state index < -0.39 is 0 Å². The van der Waals surface area contributed by atoms with Crippen molar-refractivity contribution in [3.63, 3.8) is 0 Å². The lowest BCUT2D eigenvalue weighted by molar-refractivity contribution is 0.934. The molecule has 0 spiro atoms. The molecular weight excluding hydrogens is 232 g/mol. The molecule has 2 aromatic rings. The van der Waals surface area contributed by atoms with Gasteiger partial charge < -0.3 is 0 Å². The Hall–Kier alpha value is -1.49. The average Bonchev–Trinajstić information content (AvgIpc) is 2.40. The summed E-state index contributed by atoms with van der Waals surface area (Å²) in [6, 6.07) is 0. The minimum absolute atomic E-state index is 0.292. The summed E-state index contributed by atoms with van der Waals surface area (Å²) in [5, 5.41) is 0.585. The van der Waals surface area contributed by atoms with Crippen molar-refractivity contribution in [3.05, 3.63) is 48.6 Å². The summed E-state index contributed by atoms with van der Waals surface area (Å²) in [5.74, 6) is 0. The average molecular weight is 246 g/mol. The zero-order valence-corrected chi connectivity index (χ0v) is 10.6. The van der Waals surface area contributed by atoms with Crippen molar-refractivity contribution in [2.75, 3.05) is 0 Å². The molecule has 5 heteroatoms. The first kappa shape index (κ1) is 12.0. The molecule has 0 aromatic carbocycles. The Morgan fingerprint density at radius 1 is 0.824 bits per heavy atom. The van der Waals surface area contributed by atoms with Gasteiger partial charge in [-0.05, 0) is 13.8 Å². The van der Waals surface area contributed by atoms with Gasteiger partial charge in [-0.2, -0.15) is 0 Å². The summed E-state index contributed by atoms with van der Waals surface area (Å²) in [4.78, 5) is 16.8. The molecule has 0 saturated heterocycles. The first-order valence-corrected chi connectivity index (χ1v) is 6.39. The second kappa shape index (κ2) is 5.72. The molecule has 2 rings (SSSR count). The summed E-state index contributed by atoms with van der Waals surface area (Å²) in [6.45, 7) is 4.25. The van der Waals surface area contributed by atoms with Gasteiger partial charge in [-0.25, -0.2) is 0 Å². The maximum Gasteiger partial charge on any atom is 0.0713 e. The molecule has 0 amide bonds. The van der Waals surface area contributed by atoms with E-state index in [1.807, 2.05) is 0 Å². The van der Waals surface area contributed by atoms with Gasteiger partial charge in [0.25, 0.3) is 0 Å². The van der Waals surface area contributed by atoms with Crippen molar-refractivity contribution in [2.24, 2.45) is 0 Å². The quantitative estimate of drug-likeness (QED) is 0.830. The Kier molecular flexibility index (Phi) is 4.03. The number of hydrogen-bond acceptors (Lipinski definition) is 5. The maximum atomic E-state index is 4.31. The molecule has 2 unspecified atom stereocenters. The minimum Gasteiger partial charge on any atom is -0.261 e. The topological polar surface area (TPSA) is 51.6 Å². The van der Waals surface area contributed by atoms with E-state index in [0.29, 0.717) is 10.5 Å². The van der Waals surface area contributed by atoms with Gasteiger partial charge in [-0.1, -0.05) is 0 Å². The molecule has 0 fully saturated rings. The predicted molar refractivity (Wildman–Crippen MR) is 68.5 cm³/mol. The van der Waals surface area contributed by atoms with E-state index in [1.54, 1.807) is 48.9 Å². The fourth-order valence-corrected chi connectivity index (χ4v) is 2.62. The van der Waals surface area contributed by atoms with Gasteiger partial charge in [0.1, 0.15) is 0 Å². The molecule has 0 aliphatic carbocycles. The van der Waals surface area contributed by atoms with Crippen LogP contribution in [0.15, 0.2) is 37.2 Å². The second-order valence-corrected chi connectivity index (χ2v) is 5.37. The van der Waals surface area contributed by atoms with E-state index in [2.05, 4.69) is 33.8 Å². The van der Waals surface area contributed by atoms with Crippen molar-refractivity contribution < 1.29 is 0 Å². The van der Waals surface area contributed by atoms with Gasteiger partial charge in [0, 0.05) is 47.7 Å². The largest absolute Gasteiger partial charge is 0.261 e. The Balaban J connectivity index is 2.02. The first-order valence-electron chi connectivity index (χ1n) is 5.44. The van der Waals surface area contributed by atoms with Crippen molar-refractivity contribution in [1.82, 2.24) is 19.9 Å². The van der Waals surface area contributed by atoms with Gasteiger partial charge in [0.05, 0.1) is 11.4 Å². The lowest BCUT2D eigenvalue weighted by Crippen LogP contribution is -1.99. The predicted octanol–water partition coefficient (Wildman–Crippen LogP) is 2.82. The van der Waals surface area contributed by atoms with Gasteiger partial charge in [0.2, 0.25) is 0 Å². The molecular formula is C12H14N4S. The van der Waals surface area contributed by atoms with Gasteiger partial charge >= 0.3 is 0 Å². The SMILES string of the molecule is CC(SC(C)c1cnccn1)c1cnccn1. The van der Waals surface area contributed by atoms with Crippen LogP contribution in [0.25, 0.3) is 0 Å². The molecule has 0 radical (unpaired) electrons. The van der Waals surface area contributed by atoms with Crippen LogP contribution >= 0.6 is 11.8 Å². The Labute approximate surface area is 105 Å². The molecule has 0 saturated carbocycles. The highest BCUT2D eigenvalue weighted by molar-refractivity contribution is 7.99. The molecule has 0 aliphatic rings. The molecule has 2 atom stereocenters. The van der Waals surface area contributed by atoms with E-state index in [9.17, 15) is 0 Å².